The van der Waals surface area contributed by atoms with Gasteiger partial charge in [-0.2, -0.15) is 0 Å². The molecule has 2 N–H and O–H groups in total. The second-order valence-electron chi connectivity index (χ2n) is 3.51. The van der Waals surface area contributed by atoms with Crippen LogP contribution in [0.2, 0.25) is 0 Å². The van der Waals surface area contributed by atoms with E-state index in [0.717, 1.165) is 17.4 Å². The number of aromatic carboxylic acids is 1. The molecule has 0 aromatic carbocycles. The molecule has 0 aliphatic rings. The van der Waals surface area contributed by atoms with Crippen LogP contribution in [0.3, 0.4) is 0 Å². The number of aromatic nitrogens is 2. The minimum Gasteiger partial charge on any atom is -0.475 e. The summed E-state index contributed by atoms with van der Waals surface area (Å²) >= 11 is 3.97. The van der Waals surface area contributed by atoms with E-state index in [1.165, 1.54) is 0 Å². The van der Waals surface area contributed by atoms with Crippen molar-refractivity contribution in [3.8, 4) is 0 Å². The van der Waals surface area contributed by atoms with Gasteiger partial charge in [-0.1, -0.05) is 18.3 Å². The Morgan fingerprint density at radius 1 is 1.55 bits per heavy atom. The van der Waals surface area contributed by atoms with E-state index >= 15 is 0 Å². The van der Waals surface area contributed by atoms with Gasteiger partial charge in [0.1, 0.15) is 9.90 Å². The summed E-state index contributed by atoms with van der Waals surface area (Å²) in [5.74, 6) is -1.85. The Bertz CT molecular complexity index is 751. The maximum atomic E-state index is 12.1. The topological polar surface area (TPSA) is 122 Å². The first-order valence-electron chi connectivity index (χ1n) is 5.21. The lowest BCUT2D eigenvalue weighted by atomic mass is 10.5. The summed E-state index contributed by atoms with van der Waals surface area (Å²) in [5.41, 5.74) is 0. The number of furan rings is 1. The van der Waals surface area contributed by atoms with Crippen molar-refractivity contribution < 1.29 is 22.7 Å². The molecule has 0 bridgehead atoms. The number of carbonyl (C=O) groups is 1. The number of sulfonamides is 1. The van der Waals surface area contributed by atoms with Gasteiger partial charge < -0.3 is 9.52 Å². The van der Waals surface area contributed by atoms with Crippen molar-refractivity contribution in [2.45, 2.75) is 18.2 Å². The van der Waals surface area contributed by atoms with E-state index in [1.807, 2.05) is 6.92 Å². The highest BCUT2D eigenvalue weighted by molar-refractivity contribution is 9.10. The molecule has 0 unspecified atom stereocenters. The molecule has 0 radical (unpaired) electrons. The Balaban J connectivity index is 2.32. The standard InChI is InChI=1S/C9H8BrN3O5S2/c1-2-6-11-12-9(19-6)13-20(16,17)5-3-4(8(14)15)18-7(5)10/h3H,2H2,1H3,(H,12,13)(H,14,15). The average Bonchev–Trinajstić information content (AvgIpc) is 2.95. The SMILES string of the molecule is CCc1nnc(NS(=O)(=O)c2cc(C(=O)O)oc2Br)s1. The predicted molar refractivity (Wildman–Crippen MR) is 73.5 cm³/mol. The molecular weight excluding hydrogens is 374 g/mol. The van der Waals surface area contributed by atoms with Gasteiger partial charge in [-0.05, 0) is 22.4 Å². The molecule has 0 spiro atoms. The second kappa shape index (κ2) is 5.50. The maximum Gasteiger partial charge on any atom is 0.371 e. The highest BCUT2D eigenvalue weighted by Gasteiger charge is 2.26. The number of nitrogens with zero attached hydrogens (tertiary/aromatic N) is 2. The highest BCUT2D eigenvalue weighted by atomic mass is 79.9. The molecule has 0 aliphatic heterocycles. The van der Waals surface area contributed by atoms with Gasteiger partial charge in [0, 0.05) is 6.07 Å². The number of nitrogens with one attached hydrogen (secondary N) is 1. The number of hydrogen-bond donors (Lipinski definition) is 2. The molecule has 20 heavy (non-hydrogen) atoms. The molecule has 2 aromatic rings. The fraction of sp³-hybridized carbons (Fsp3) is 0.222. The largest absolute Gasteiger partial charge is 0.475 e. The van der Waals surface area contributed by atoms with Crippen LogP contribution in [0.5, 0.6) is 0 Å². The van der Waals surface area contributed by atoms with Gasteiger partial charge in [-0.3, -0.25) is 4.72 Å². The Hall–Kier alpha value is -1.46. The van der Waals surface area contributed by atoms with Crippen LogP contribution in [0.4, 0.5) is 5.13 Å². The van der Waals surface area contributed by atoms with Crippen LogP contribution in [0, 0.1) is 0 Å². The number of anilines is 1. The molecule has 8 nitrogen and oxygen atoms in total. The van der Waals surface area contributed by atoms with E-state index in [4.69, 9.17) is 9.52 Å². The monoisotopic (exact) mass is 381 g/mol. The first-order valence-corrected chi connectivity index (χ1v) is 8.30. The smallest absolute Gasteiger partial charge is 0.371 e. The van der Waals surface area contributed by atoms with E-state index in [0.29, 0.717) is 11.4 Å². The van der Waals surface area contributed by atoms with E-state index in [9.17, 15) is 13.2 Å². The number of carboxylic acid groups (broad SMARTS) is 1. The quantitative estimate of drug-likeness (QED) is 0.810. The van der Waals surface area contributed by atoms with Crippen LogP contribution in [0.15, 0.2) is 20.0 Å². The third-order valence-corrected chi connectivity index (χ3v) is 5.45. The van der Waals surface area contributed by atoms with Crippen LogP contribution in [-0.4, -0.2) is 29.7 Å². The zero-order valence-electron chi connectivity index (χ0n) is 9.95. The van der Waals surface area contributed by atoms with Crippen LogP contribution < -0.4 is 4.72 Å². The van der Waals surface area contributed by atoms with Gasteiger partial charge >= 0.3 is 5.97 Å². The Morgan fingerprint density at radius 3 is 2.75 bits per heavy atom. The van der Waals surface area contributed by atoms with Crippen LogP contribution in [0.1, 0.15) is 22.5 Å². The lowest BCUT2D eigenvalue weighted by molar-refractivity contribution is 0.0661. The lowest BCUT2D eigenvalue weighted by Gasteiger charge is -2.01. The normalized spacial score (nSPS) is 11.5. The van der Waals surface area contributed by atoms with Crippen LogP contribution in [-0.2, 0) is 16.4 Å². The van der Waals surface area contributed by atoms with Gasteiger partial charge in [0.05, 0.1) is 0 Å². The fourth-order valence-electron chi connectivity index (χ4n) is 1.25. The van der Waals surface area contributed by atoms with Crippen molar-refractivity contribution in [2.24, 2.45) is 0 Å². The van der Waals surface area contributed by atoms with Crippen molar-refractivity contribution in [3.05, 3.63) is 21.5 Å². The molecule has 0 amide bonds. The zero-order chi connectivity index (χ0) is 14.9. The van der Waals surface area contributed by atoms with Crippen molar-refractivity contribution in [1.82, 2.24) is 10.2 Å². The van der Waals surface area contributed by atoms with Gasteiger partial charge in [0.2, 0.25) is 10.9 Å². The van der Waals surface area contributed by atoms with Gasteiger partial charge in [-0.25, -0.2) is 13.2 Å². The van der Waals surface area contributed by atoms with Crippen molar-refractivity contribution in [3.63, 3.8) is 0 Å². The Kier molecular flexibility index (Phi) is 4.11. The summed E-state index contributed by atoms with van der Waals surface area (Å²) in [6.45, 7) is 1.87. The highest BCUT2D eigenvalue weighted by Crippen LogP contribution is 2.28. The summed E-state index contributed by atoms with van der Waals surface area (Å²) in [6.07, 6.45) is 0.637. The molecule has 0 aliphatic carbocycles. The minimum absolute atomic E-state index is 0.104. The number of halogens is 1. The van der Waals surface area contributed by atoms with Crippen molar-refractivity contribution >= 4 is 48.4 Å². The first-order chi connectivity index (χ1) is 9.33. The van der Waals surface area contributed by atoms with E-state index < -0.39 is 21.8 Å². The molecule has 11 heteroatoms. The number of aryl methyl sites for hydroxylation is 1. The number of carboxylic acids is 1. The van der Waals surface area contributed by atoms with Crippen LogP contribution in [0.25, 0.3) is 0 Å². The molecule has 0 atom stereocenters. The van der Waals surface area contributed by atoms with E-state index in [-0.39, 0.29) is 14.7 Å². The third-order valence-electron chi connectivity index (χ3n) is 2.15. The van der Waals surface area contributed by atoms with Gasteiger partial charge in [-0.15, -0.1) is 10.2 Å². The Morgan fingerprint density at radius 2 is 2.25 bits per heavy atom. The van der Waals surface area contributed by atoms with Crippen molar-refractivity contribution in [1.29, 1.82) is 0 Å². The number of rotatable bonds is 5. The molecule has 108 valence electrons. The molecule has 0 saturated heterocycles. The second-order valence-corrected chi connectivity index (χ2v) is 6.95. The summed E-state index contributed by atoms with van der Waals surface area (Å²) in [6, 6.07) is 0.913. The molecule has 2 heterocycles. The molecule has 0 saturated carbocycles. The Labute approximate surface area is 126 Å². The van der Waals surface area contributed by atoms with E-state index in [1.54, 1.807) is 0 Å². The van der Waals surface area contributed by atoms with E-state index in [2.05, 4.69) is 30.8 Å². The first kappa shape index (κ1) is 14.9. The molecule has 2 aromatic heterocycles. The minimum atomic E-state index is -4.00. The number of hydrogen-bond acceptors (Lipinski definition) is 7. The summed E-state index contributed by atoms with van der Waals surface area (Å²) < 4.78 is 31.0. The lowest BCUT2D eigenvalue weighted by Crippen LogP contribution is -2.12. The molecular formula is C9H8BrN3O5S2. The average molecular weight is 382 g/mol. The fourth-order valence-corrected chi connectivity index (χ4v) is 4.10. The maximum absolute atomic E-state index is 12.1. The third kappa shape index (κ3) is 2.99. The van der Waals surface area contributed by atoms with Gasteiger partial charge in [0.25, 0.3) is 10.0 Å². The van der Waals surface area contributed by atoms with Gasteiger partial charge in [0.15, 0.2) is 4.67 Å². The zero-order valence-corrected chi connectivity index (χ0v) is 13.2. The van der Waals surface area contributed by atoms with Crippen LogP contribution >= 0.6 is 27.3 Å². The van der Waals surface area contributed by atoms with Crippen molar-refractivity contribution in [2.75, 3.05) is 4.72 Å². The summed E-state index contributed by atoms with van der Waals surface area (Å²) in [4.78, 5) is 10.4. The summed E-state index contributed by atoms with van der Waals surface area (Å²) in [5, 5.41) is 17.0. The molecule has 2 rings (SSSR count). The summed E-state index contributed by atoms with van der Waals surface area (Å²) in [7, 11) is -4.00. The predicted octanol–water partition coefficient (Wildman–Crippen LogP) is 1.96. The molecule has 0 fully saturated rings.